The van der Waals surface area contributed by atoms with E-state index in [1.54, 1.807) is 0 Å². The van der Waals surface area contributed by atoms with Crippen LogP contribution >= 0.6 is 0 Å². The molecular formula is C14H15F3N2O6S. The van der Waals surface area contributed by atoms with Crippen LogP contribution in [0.5, 0.6) is 5.75 Å². The first-order chi connectivity index (χ1) is 11.9. The average molecular weight is 396 g/mol. The first kappa shape index (κ1) is 20.0. The zero-order valence-corrected chi connectivity index (χ0v) is 14.0. The summed E-state index contributed by atoms with van der Waals surface area (Å²) in [6.07, 6.45) is -4.03. The zero-order chi connectivity index (χ0) is 19.6. The Bertz CT molecular complexity index is 788. The number of carbonyl (C=O) groups excluding carboxylic acids is 1. The molecule has 1 aliphatic rings. The number of benzene rings is 1. The van der Waals surface area contributed by atoms with Crippen LogP contribution in [0, 0.1) is 5.41 Å². The number of aliphatic carboxylic acids is 1. The summed E-state index contributed by atoms with van der Waals surface area (Å²) >= 11 is 0. The second-order valence-corrected chi connectivity index (χ2v) is 7.47. The lowest BCUT2D eigenvalue weighted by molar-refractivity contribution is -0.274. The molecule has 0 heterocycles. The molecule has 1 aliphatic carbocycles. The maximum atomic E-state index is 12.1. The van der Waals surface area contributed by atoms with Crippen molar-refractivity contribution in [3.8, 4) is 5.75 Å². The molecule has 1 aromatic carbocycles. The number of carboxylic acid groups (broad SMARTS) is 1. The Morgan fingerprint density at radius 3 is 2.23 bits per heavy atom. The van der Waals surface area contributed by atoms with Crippen molar-refractivity contribution in [3.05, 3.63) is 24.3 Å². The van der Waals surface area contributed by atoms with E-state index in [1.165, 1.54) is 0 Å². The van der Waals surface area contributed by atoms with Gasteiger partial charge in [-0.1, -0.05) is 0 Å². The van der Waals surface area contributed by atoms with Crippen molar-refractivity contribution in [1.82, 2.24) is 10.0 Å². The van der Waals surface area contributed by atoms with Gasteiger partial charge in [-0.25, -0.2) is 13.1 Å². The van der Waals surface area contributed by atoms with Crippen molar-refractivity contribution in [2.24, 2.45) is 5.41 Å². The van der Waals surface area contributed by atoms with Crippen LogP contribution in [-0.4, -0.2) is 44.9 Å². The molecule has 2 rings (SSSR count). The molecule has 8 nitrogen and oxygen atoms in total. The Morgan fingerprint density at radius 1 is 1.19 bits per heavy atom. The molecule has 1 aromatic rings. The third kappa shape index (κ3) is 5.33. The van der Waals surface area contributed by atoms with Crippen molar-refractivity contribution in [3.63, 3.8) is 0 Å². The number of nitrogens with one attached hydrogen (secondary N) is 2. The standard InChI is InChI=1S/C14H15F3N2O6S/c15-14(16,17)25-9-1-3-10(4-2-9)26(23,24)19-7-11(20)18-8-13(5-6-13)12(21)22/h1-4,19H,5-8H2,(H,18,20)(H,21,22). The smallest absolute Gasteiger partial charge is 0.481 e. The lowest BCUT2D eigenvalue weighted by Crippen LogP contribution is -2.40. The van der Waals surface area contributed by atoms with Crippen LogP contribution in [0.1, 0.15) is 12.8 Å². The van der Waals surface area contributed by atoms with Gasteiger partial charge in [0.25, 0.3) is 0 Å². The van der Waals surface area contributed by atoms with Gasteiger partial charge in [-0.2, -0.15) is 0 Å². The molecule has 0 unspecified atom stereocenters. The molecule has 0 aromatic heterocycles. The summed E-state index contributed by atoms with van der Waals surface area (Å²) in [6.45, 7) is -0.745. The number of rotatable bonds is 8. The van der Waals surface area contributed by atoms with Gasteiger partial charge in [0.15, 0.2) is 0 Å². The van der Waals surface area contributed by atoms with Crippen molar-refractivity contribution in [1.29, 1.82) is 0 Å². The maximum absolute atomic E-state index is 12.1. The molecule has 144 valence electrons. The van der Waals surface area contributed by atoms with Crippen LogP contribution in [0.15, 0.2) is 29.2 Å². The van der Waals surface area contributed by atoms with Gasteiger partial charge in [0.1, 0.15) is 5.75 Å². The molecule has 0 spiro atoms. The lowest BCUT2D eigenvalue weighted by atomic mass is 10.1. The fourth-order valence-corrected chi connectivity index (χ4v) is 2.99. The van der Waals surface area contributed by atoms with Crippen LogP contribution in [0.25, 0.3) is 0 Å². The molecular weight excluding hydrogens is 381 g/mol. The van der Waals surface area contributed by atoms with Crippen molar-refractivity contribution in [2.45, 2.75) is 24.1 Å². The SMILES string of the molecule is O=C(CNS(=O)(=O)c1ccc(OC(F)(F)F)cc1)NCC1(C(=O)O)CC1. The number of ether oxygens (including phenoxy) is 1. The molecule has 0 atom stereocenters. The largest absolute Gasteiger partial charge is 0.573 e. The monoisotopic (exact) mass is 396 g/mol. The summed E-state index contributed by atoms with van der Waals surface area (Å²) in [5, 5.41) is 11.3. The Morgan fingerprint density at radius 2 is 1.77 bits per heavy atom. The molecule has 0 saturated heterocycles. The van der Waals surface area contributed by atoms with Gasteiger partial charge in [-0.3, -0.25) is 9.59 Å². The van der Waals surface area contributed by atoms with Gasteiger partial charge < -0.3 is 15.2 Å². The van der Waals surface area contributed by atoms with Gasteiger partial charge in [0.05, 0.1) is 16.9 Å². The fourth-order valence-electron chi connectivity index (χ4n) is 2.01. The van der Waals surface area contributed by atoms with Gasteiger partial charge in [-0.05, 0) is 37.1 Å². The van der Waals surface area contributed by atoms with Gasteiger partial charge in [0.2, 0.25) is 15.9 Å². The van der Waals surface area contributed by atoms with Crippen LogP contribution in [0.4, 0.5) is 13.2 Å². The predicted molar refractivity (Wildman–Crippen MR) is 80.6 cm³/mol. The maximum Gasteiger partial charge on any atom is 0.573 e. The molecule has 0 bridgehead atoms. The second kappa shape index (κ2) is 7.11. The molecule has 1 saturated carbocycles. The highest BCUT2D eigenvalue weighted by molar-refractivity contribution is 7.89. The summed E-state index contributed by atoms with van der Waals surface area (Å²) < 4.78 is 65.8. The summed E-state index contributed by atoms with van der Waals surface area (Å²) in [7, 11) is -4.13. The number of hydrogen-bond acceptors (Lipinski definition) is 5. The van der Waals surface area contributed by atoms with E-state index in [1.807, 2.05) is 4.72 Å². The minimum atomic E-state index is -4.90. The van der Waals surface area contributed by atoms with E-state index < -0.39 is 46.0 Å². The molecule has 1 amide bonds. The van der Waals surface area contributed by atoms with Crippen LogP contribution in [0.2, 0.25) is 0 Å². The van der Waals surface area contributed by atoms with Crippen molar-refractivity contribution < 1.29 is 41.0 Å². The van der Waals surface area contributed by atoms with E-state index in [4.69, 9.17) is 5.11 Å². The number of sulfonamides is 1. The molecule has 0 radical (unpaired) electrons. The van der Waals surface area contributed by atoms with E-state index in [9.17, 15) is 31.2 Å². The third-order valence-electron chi connectivity index (χ3n) is 3.72. The van der Waals surface area contributed by atoms with Crippen LogP contribution in [0.3, 0.4) is 0 Å². The van der Waals surface area contributed by atoms with Gasteiger partial charge >= 0.3 is 12.3 Å². The highest BCUT2D eigenvalue weighted by Gasteiger charge is 2.50. The molecule has 3 N–H and O–H groups in total. The van der Waals surface area contributed by atoms with E-state index in [0.717, 1.165) is 24.3 Å². The van der Waals surface area contributed by atoms with Crippen LogP contribution in [-0.2, 0) is 19.6 Å². The highest BCUT2D eigenvalue weighted by atomic mass is 32.2. The first-order valence-electron chi connectivity index (χ1n) is 7.29. The minimum Gasteiger partial charge on any atom is -0.481 e. The lowest BCUT2D eigenvalue weighted by Gasteiger charge is -2.12. The number of halogens is 3. The van der Waals surface area contributed by atoms with Gasteiger partial charge in [0, 0.05) is 6.54 Å². The van der Waals surface area contributed by atoms with Gasteiger partial charge in [-0.15, -0.1) is 13.2 Å². The number of alkyl halides is 3. The fraction of sp³-hybridized carbons (Fsp3) is 0.429. The summed E-state index contributed by atoms with van der Waals surface area (Å²) in [4.78, 5) is 22.3. The van der Waals surface area contributed by atoms with E-state index in [0.29, 0.717) is 12.8 Å². The number of carbonyl (C=O) groups is 2. The molecule has 0 aliphatic heterocycles. The molecule has 26 heavy (non-hydrogen) atoms. The predicted octanol–water partition coefficient (Wildman–Crippen LogP) is 0.844. The second-order valence-electron chi connectivity index (χ2n) is 5.71. The molecule has 12 heteroatoms. The van der Waals surface area contributed by atoms with Crippen molar-refractivity contribution >= 4 is 21.9 Å². The van der Waals surface area contributed by atoms with Crippen LogP contribution < -0.4 is 14.8 Å². The first-order valence-corrected chi connectivity index (χ1v) is 8.77. The Kier molecular flexibility index (Phi) is 5.47. The summed E-state index contributed by atoms with van der Waals surface area (Å²) in [5.41, 5.74) is -0.983. The summed E-state index contributed by atoms with van der Waals surface area (Å²) in [5.74, 6) is -2.34. The minimum absolute atomic E-state index is 0.105. The highest BCUT2D eigenvalue weighted by Crippen LogP contribution is 2.45. The zero-order valence-electron chi connectivity index (χ0n) is 13.2. The normalized spacial score (nSPS) is 16.0. The quantitative estimate of drug-likeness (QED) is 0.599. The Labute approximate surface area is 146 Å². The third-order valence-corrected chi connectivity index (χ3v) is 5.14. The number of carboxylic acids is 1. The van der Waals surface area contributed by atoms with E-state index in [-0.39, 0.29) is 11.4 Å². The number of amides is 1. The topological polar surface area (TPSA) is 122 Å². The average Bonchev–Trinajstić information content (AvgIpc) is 3.31. The summed E-state index contributed by atoms with van der Waals surface area (Å²) in [6, 6.07) is 3.44. The van der Waals surface area contributed by atoms with E-state index in [2.05, 4.69) is 10.1 Å². The number of hydrogen-bond donors (Lipinski definition) is 3. The van der Waals surface area contributed by atoms with Crippen molar-refractivity contribution in [2.75, 3.05) is 13.1 Å². The Hall–Kier alpha value is -2.34. The van der Waals surface area contributed by atoms with E-state index >= 15 is 0 Å². The molecule has 1 fully saturated rings. The Balaban J connectivity index is 1.88.